The molecule has 0 aliphatic heterocycles. The highest BCUT2D eigenvalue weighted by molar-refractivity contribution is 14.1. The Bertz CT molecular complexity index is 744. The molecule has 0 fully saturated rings. The van der Waals surface area contributed by atoms with Gasteiger partial charge in [-0.15, -0.1) is 0 Å². The van der Waals surface area contributed by atoms with Gasteiger partial charge < -0.3 is 5.11 Å². The number of aliphatic hydroxyl groups excluding tert-OH is 1. The van der Waals surface area contributed by atoms with Crippen molar-refractivity contribution in [2.75, 3.05) is 4.72 Å². The molecule has 0 heterocycles. The number of hydrogen-bond acceptors (Lipinski definition) is 3. The van der Waals surface area contributed by atoms with Gasteiger partial charge in [-0.3, -0.25) is 4.72 Å². The third-order valence-corrected chi connectivity index (χ3v) is 5.49. The maximum atomic E-state index is 12.6. The highest BCUT2D eigenvalue weighted by Gasteiger charge is 2.19. The topological polar surface area (TPSA) is 66.4 Å². The second kappa shape index (κ2) is 6.76. The molecule has 112 valence electrons. The first-order valence-corrected chi connectivity index (χ1v) is 9.04. The van der Waals surface area contributed by atoms with Crippen LogP contribution >= 0.6 is 22.6 Å². The molecule has 2 aromatic rings. The first kappa shape index (κ1) is 16.3. The van der Waals surface area contributed by atoms with Crippen LogP contribution in [0.3, 0.4) is 0 Å². The zero-order valence-corrected chi connectivity index (χ0v) is 14.5. The summed E-state index contributed by atoms with van der Waals surface area (Å²) < 4.78 is 28.7. The van der Waals surface area contributed by atoms with E-state index in [1.54, 1.807) is 24.3 Å². The van der Waals surface area contributed by atoms with Crippen LogP contribution in [0.5, 0.6) is 0 Å². The lowest BCUT2D eigenvalue weighted by Gasteiger charge is -2.13. The predicted molar refractivity (Wildman–Crippen MR) is 91.7 cm³/mol. The average Bonchev–Trinajstić information content (AvgIpc) is 2.48. The Hall–Kier alpha value is -1.12. The van der Waals surface area contributed by atoms with Crippen molar-refractivity contribution in [2.24, 2.45) is 0 Å². The molecule has 0 saturated heterocycles. The van der Waals surface area contributed by atoms with Crippen molar-refractivity contribution in [1.82, 2.24) is 0 Å². The smallest absolute Gasteiger partial charge is 0.262 e. The largest absolute Gasteiger partial charge is 0.392 e. The molecule has 4 nitrogen and oxygen atoms in total. The van der Waals surface area contributed by atoms with Crippen LogP contribution in [0.4, 0.5) is 5.69 Å². The molecule has 0 unspecified atom stereocenters. The normalized spacial score (nSPS) is 11.4. The number of halogens is 1. The molecule has 0 aliphatic carbocycles. The maximum absolute atomic E-state index is 12.6. The lowest BCUT2D eigenvalue weighted by molar-refractivity contribution is 0.281. The average molecular weight is 417 g/mol. The molecule has 0 amide bonds. The number of nitrogens with one attached hydrogen (secondary N) is 1. The molecule has 0 spiro atoms. The van der Waals surface area contributed by atoms with Gasteiger partial charge in [-0.05, 0) is 58.3 Å². The molecule has 0 bridgehead atoms. The van der Waals surface area contributed by atoms with Crippen molar-refractivity contribution in [3.63, 3.8) is 0 Å². The first-order chi connectivity index (χ1) is 9.97. The van der Waals surface area contributed by atoms with Crippen LogP contribution in [0.15, 0.2) is 47.4 Å². The standard InChI is InChI=1S/C15H16INO3S/c1-2-12-8-7-11(10-18)9-15(12)21(19,20)17-14-6-4-3-5-13(14)16/h3-9,17-18H,2,10H2,1H3. The summed E-state index contributed by atoms with van der Waals surface area (Å²) in [6.45, 7) is 1.72. The number of hydrogen-bond donors (Lipinski definition) is 2. The Morgan fingerprint density at radius 3 is 2.52 bits per heavy atom. The highest BCUT2D eigenvalue weighted by atomic mass is 127. The Balaban J connectivity index is 2.46. The quantitative estimate of drug-likeness (QED) is 0.735. The van der Waals surface area contributed by atoms with Gasteiger partial charge in [0.25, 0.3) is 10.0 Å². The number of para-hydroxylation sites is 1. The summed E-state index contributed by atoms with van der Waals surface area (Å²) in [6.07, 6.45) is 0.605. The van der Waals surface area contributed by atoms with Crippen LogP contribution in [0.1, 0.15) is 18.1 Å². The minimum Gasteiger partial charge on any atom is -0.392 e. The van der Waals surface area contributed by atoms with Gasteiger partial charge in [0.05, 0.1) is 17.2 Å². The molecule has 0 saturated carbocycles. The summed E-state index contributed by atoms with van der Waals surface area (Å²) in [5, 5.41) is 9.21. The van der Waals surface area contributed by atoms with Gasteiger partial charge in [0.15, 0.2) is 0 Å². The van der Waals surface area contributed by atoms with Crippen molar-refractivity contribution in [3.8, 4) is 0 Å². The first-order valence-electron chi connectivity index (χ1n) is 6.48. The summed E-state index contributed by atoms with van der Waals surface area (Å²) in [5.74, 6) is 0. The van der Waals surface area contributed by atoms with Crippen molar-refractivity contribution < 1.29 is 13.5 Å². The molecule has 2 aromatic carbocycles. The molecule has 21 heavy (non-hydrogen) atoms. The molecule has 2 N–H and O–H groups in total. The Kier molecular flexibility index (Phi) is 5.23. The van der Waals surface area contributed by atoms with Crippen molar-refractivity contribution in [2.45, 2.75) is 24.8 Å². The van der Waals surface area contributed by atoms with Gasteiger partial charge in [-0.1, -0.05) is 31.2 Å². The van der Waals surface area contributed by atoms with Gasteiger partial charge in [0.1, 0.15) is 0 Å². The van der Waals surface area contributed by atoms with Crippen molar-refractivity contribution >= 4 is 38.3 Å². The van der Waals surface area contributed by atoms with Gasteiger partial charge >= 0.3 is 0 Å². The zero-order chi connectivity index (χ0) is 15.5. The molecule has 6 heteroatoms. The Morgan fingerprint density at radius 1 is 1.19 bits per heavy atom. The van der Waals surface area contributed by atoms with Crippen LogP contribution in [-0.4, -0.2) is 13.5 Å². The lowest BCUT2D eigenvalue weighted by Crippen LogP contribution is -2.16. The van der Waals surface area contributed by atoms with Crippen LogP contribution in [0, 0.1) is 3.57 Å². The second-order valence-electron chi connectivity index (χ2n) is 4.54. The van der Waals surface area contributed by atoms with Gasteiger partial charge in [0.2, 0.25) is 0 Å². The van der Waals surface area contributed by atoms with E-state index >= 15 is 0 Å². The number of anilines is 1. The van der Waals surface area contributed by atoms with E-state index in [1.165, 1.54) is 6.07 Å². The van der Waals surface area contributed by atoms with Crippen LogP contribution < -0.4 is 4.72 Å². The number of sulfonamides is 1. The van der Waals surface area contributed by atoms with Gasteiger partial charge in [-0.25, -0.2) is 8.42 Å². The number of rotatable bonds is 5. The van der Waals surface area contributed by atoms with Crippen LogP contribution in [0.2, 0.25) is 0 Å². The highest BCUT2D eigenvalue weighted by Crippen LogP contribution is 2.24. The zero-order valence-electron chi connectivity index (χ0n) is 11.5. The van der Waals surface area contributed by atoms with E-state index in [-0.39, 0.29) is 11.5 Å². The van der Waals surface area contributed by atoms with Crippen molar-refractivity contribution in [3.05, 3.63) is 57.2 Å². The van der Waals surface area contributed by atoms with E-state index in [4.69, 9.17) is 0 Å². The van der Waals surface area contributed by atoms with E-state index in [1.807, 2.05) is 19.1 Å². The SMILES string of the molecule is CCc1ccc(CO)cc1S(=O)(=O)Nc1ccccc1I. The predicted octanol–water partition coefficient (Wildman–Crippen LogP) is 3.15. The van der Waals surface area contributed by atoms with Gasteiger partial charge in [-0.2, -0.15) is 0 Å². The molecular weight excluding hydrogens is 401 g/mol. The number of aryl methyl sites for hydroxylation is 1. The molecular formula is C15H16INO3S. The molecule has 0 radical (unpaired) electrons. The van der Waals surface area contributed by atoms with Crippen molar-refractivity contribution in [1.29, 1.82) is 0 Å². The molecule has 0 atom stereocenters. The second-order valence-corrected chi connectivity index (χ2v) is 7.35. The fourth-order valence-electron chi connectivity index (χ4n) is 1.98. The summed E-state index contributed by atoms with van der Waals surface area (Å²) in [5.41, 5.74) is 1.86. The fourth-order valence-corrected chi connectivity index (χ4v) is 4.13. The summed E-state index contributed by atoms with van der Waals surface area (Å²) in [4.78, 5) is 0.219. The third kappa shape index (κ3) is 3.75. The summed E-state index contributed by atoms with van der Waals surface area (Å²) in [7, 11) is -3.68. The van der Waals surface area contributed by atoms with E-state index in [0.29, 0.717) is 17.7 Å². The van der Waals surface area contributed by atoms with E-state index in [9.17, 15) is 13.5 Å². The summed E-state index contributed by atoms with van der Waals surface area (Å²) in [6, 6.07) is 12.2. The Morgan fingerprint density at radius 2 is 1.90 bits per heavy atom. The molecule has 0 aliphatic rings. The molecule has 0 aromatic heterocycles. The number of benzene rings is 2. The fraction of sp³-hybridized carbons (Fsp3) is 0.200. The van der Waals surface area contributed by atoms with Crippen LogP contribution in [-0.2, 0) is 23.1 Å². The Labute approximate surface area is 138 Å². The maximum Gasteiger partial charge on any atom is 0.262 e. The van der Waals surface area contributed by atoms with Gasteiger partial charge in [0, 0.05) is 3.57 Å². The van der Waals surface area contributed by atoms with E-state index in [0.717, 1.165) is 9.13 Å². The number of aliphatic hydroxyl groups is 1. The minimum absolute atomic E-state index is 0.185. The monoisotopic (exact) mass is 417 g/mol. The third-order valence-electron chi connectivity index (χ3n) is 3.10. The minimum atomic E-state index is -3.68. The van der Waals surface area contributed by atoms with Crippen LogP contribution in [0.25, 0.3) is 0 Å². The summed E-state index contributed by atoms with van der Waals surface area (Å²) >= 11 is 2.08. The molecule has 2 rings (SSSR count). The lowest BCUT2D eigenvalue weighted by atomic mass is 10.1. The van der Waals surface area contributed by atoms with E-state index < -0.39 is 10.0 Å². The van der Waals surface area contributed by atoms with E-state index in [2.05, 4.69) is 27.3 Å².